The third-order valence-electron chi connectivity index (χ3n) is 1.74. The second-order valence-corrected chi connectivity index (χ2v) is 2.54. The highest BCUT2D eigenvalue weighted by Gasteiger charge is 2.16. The first kappa shape index (κ1) is 6.05. The molecule has 1 fully saturated rings. The molecule has 1 aliphatic heterocycles. The highest BCUT2D eigenvalue weighted by Crippen LogP contribution is 2.08. The maximum absolute atomic E-state index is 9.14. The minimum Gasteiger partial charge on any atom is -0.393 e. The molecule has 0 aromatic heterocycles. The normalized spacial score (nSPS) is 39.8. The predicted octanol–water partition coefficient (Wildman–Crippen LogP) is -0.0233. The van der Waals surface area contributed by atoms with Gasteiger partial charge in [0.2, 0.25) is 0 Å². The quantitative estimate of drug-likeness (QED) is 0.465. The molecule has 8 heavy (non-hydrogen) atoms. The van der Waals surface area contributed by atoms with Crippen LogP contribution < -0.4 is 5.32 Å². The standard InChI is InChI=1S/C6H13NO/c1-5-4-7-3-2-6(5)8/h5-8H,2-4H2,1H3/t5-,6-/m0/s1. The van der Waals surface area contributed by atoms with Gasteiger partial charge in [0.15, 0.2) is 0 Å². The zero-order valence-corrected chi connectivity index (χ0v) is 5.22. The van der Waals surface area contributed by atoms with Crippen LogP contribution in [0.5, 0.6) is 0 Å². The van der Waals surface area contributed by atoms with E-state index in [4.69, 9.17) is 5.11 Å². The van der Waals surface area contributed by atoms with E-state index in [1.54, 1.807) is 0 Å². The van der Waals surface area contributed by atoms with Crippen molar-refractivity contribution in [3.05, 3.63) is 0 Å². The Morgan fingerprint density at radius 2 is 2.38 bits per heavy atom. The van der Waals surface area contributed by atoms with Gasteiger partial charge in [-0.2, -0.15) is 0 Å². The molecule has 0 radical (unpaired) electrons. The van der Waals surface area contributed by atoms with Crippen molar-refractivity contribution in [1.82, 2.24) is 5.32 Å². The van der Waals surface area contributed by atoms with E-state index in [1.165, 1.54) is 0 Å². The Labute approximate surface area is 49.9 Å². The molecule has 48 valence electrons. The molecule has 1 heterocycles. The summed E-state index contributed by atoms with van der Waals surface area (Å²) in [6.07, 6.45) is 0.859. The van der Waals surface area contributed by atoms with Gasteiger partial charge in [-0.1, -0.05) is 6.92 Å². The van der Waals surface area contributed by atoms with Crippen LogP contribution in [0.2, 0.25) is 0 Å². The number of hydrogen-bond acceptors (Lipinski definition) is 2. The van der Waals surface area contributed by atoms with Crippen LogP contribution in [0, 0.1) is 5.92 Å². The summed E-state index contributed by atoms with van der Waals surface area (Å²) in [4.78, 5) is 0. The molecule has 0 aliphatic carbocycles. The Balaban J connectivity index is 2.28. The topological polar surface area (TPSA) is 32.3 Å². The summed E-state index contributed by atoms with van der Waals surface area (Å²) in [7, 11) is 0. The molecule has 2 heteroatoms. The van der Waals surface area contributed by atoms with Crippen LogP contribution in [-0.2, 0) is 0 Å². The van der Waals surface area contributed by atoms with Crippen molar-refractivity contribution < 1.29 is 5.11 Å². The second kappa shape index (κ2) is 2.46. The fourth-order valence-electron chi connectivity index (χ4n) is 1.00. The van der Waals surface area contributed by atoms with Crippen molar-refractivity contribution in [2.24, 2.45) is 5.92 Å². The lowest BCUT2D eigenvalue weighted by Crippen LogP contribution is -2.38. The summed E-state index contributed by atoms with van der Waals surface area (Å²) in [6, 6.07) is 0. The minimum absolute atomic E-state index is 0.0590. The third-order valence-corrected chi connectivity index (χ3v) is 1.74. The maximum Gasteiger partial charge on any atom is 0.0590 e. The van der Waals surface area contributed by atoms with Crippen molar-refractivity contribution >= 4 is 0 Å². The monoisotopic (exact) mass is 115 g/mol. The SMILES string of the molecule is C[C@H]1CNCC[C@@H]1O. The molecule has 2 atom stereocenters. The Morgan fingerprint density at radius 3 is 2.75 bits per heavy atom. The average Bonchev–Trinajstić information content (AvgIpc) is 1.77. The van der Waals surface area contributed by atoms with Gasteiger partial charge < -0.3 is 10.4 Å². The molecule has 1 aliphatic rings. The molecule has 0 amide bonds. The lowest BCUT2D eigenvalue weighted by Gasteiger charge is -2.24. The van der Waals surface area contributed by atoms with Gasteiger partial charge in [-0.25, -0.2) is 0 Å². The molecule has 0 spiro atoms. The van der Waals surface area contributed by atoms with Crippen LogP contribution in [-0.4, -0.2) is 24.3 Å². The summed E-state index contributed by atoms with van der Waals surface area (Å²) in [5.41, 5.74) is 0. The summed E-state index contributed by atoms with van der Waals surface area (Å²) >= 11 is 0. The third kappa shape index (κ3) is 1.20. The molecule has 1 saturated heterocycles. The predicted molar refractivity (Wildman–Crippen MR) is 32.7 cm³/mol. The van der Waals surface area contributed by atoms with Gasteiger partial charge in [0.05, 0.1) is 6.10 Å². The number of hydrogen-bond donors (Lipinski definition) is 2. The minimum atomic E-state index is -0.0590. The van der Waals surface area contributed by atoms with Crippen molar-refractivity contribution in [2.75, 3.05) is 13.1 Å². The fraction of sp³-hybridized carbons (Fsp3) is 1.00. The first-order valence-electron chi connectivity index (χ1n) is 3.19. The molecule has 0 aromatic carbocycles. The van der Waals surface area contributed by atoms with Crippen molar-refractivity contribution in [3.63, 3.8) is 0 Å². The molecule has 0 unspecified atom stereocenters. The summed E-state index contributed by atoms with van der Waals surface area (Å²) in [5, 5.41) is 12.3. The smallest absolute Gasteiger partial charge is 0.0590 e. The van der Waals surface area contributed by atoms with E-state index >= 15 is 0 Å². The zero-order chi connectivity index (χ0) is 5.98. The van der Waals surface area contributed by atoms with Crippen LogP contribution in [0.15, 0.2) is 0 Å². The van der Waals surface area contributed by atoms with Gasteiger partial charge in [-0.05, 0) is 18.9 Å². The largest absolute Gasteiger partial charge is 0.393 e. The fourth-order valence-corrected chi connectivity index (χ4v) is 1.00. The zero-order valence-electron chi connectivity index (χ0n) is 5.22. The summed E-state index contributed by atoms with van der Waals surface area (Å²) in [5.74, 6) is 0.448. The maximum atomic E-state index is 9.14. The summed E-state index contributed by atoms with van der Waals surface area (Å²) < 4.78 is 0. The van der Waals surface area contributed by atoms with E-state index in [2.05, 4.69) is 12.2 Å². The van der Waals surface area contributed by atoms with E-state index in [1.807, 2.05) is 0 Å². The second-order valence-electron chi connectivity index (χ2n) is 2.54. The first-order chi connectivity index (χ1) is 3.80. The Morgan fingerprint density at radius 1 is 1.62 bits per heavy atom. The number of rotatable bonds is 0. The van der Waals surface area contributed by atoms with Gasteiger partial charge >= 0.3 is 0 Å². The number of piperidine rings is 1. The number of aliphatic hydroxyl groups is 1. The molecule has 0 saturated carbocycles. The van der Waals surface area contributed by atoms with Gasteiger partial charge in [0, 0.05) is 6.54 Å². The van der Waals surface area contributed by atoms with E-state index in [9.17, 15) is 0 Å². The van der Waals surface area contributed by atoms with Gasteiger partial charge in [-0.3, -0.25) is 0 Å². The van der Waals surface area contributed by atoms with Gasteiger partial charge in [0.25, 0.3) is 0 Å². The van der Waals surface area contributed by atoms with Crippen molar-refractivity contribution in [2.45, 2.75) is 19.4 Å². The molecule has 1 rings (SSSR count). The molecule has 0 bridgehead atoms. The van der Waals surface area contributed by atoms with E-state index < -0.39 is 0 Å². The van der Waals surface area contributed by atoms with E-state index in [0.29, 0.717) is 5.92 Å². The lowest BCUT2D eigenvalue weighted by atomic mass is 9.99. The van der Waals surface area contributed by atoms with Gasteiger partial charge in [0.1, 0.15) is 0 Å². The van der Waals surface area contributed by atoms with Crippen LogP contribution in [0.4, 0.5) is 0 Å². The van der Waals surface area contributed by atoms with Crippen LogP contribution in [0.1, 0.15) is 13.3 Å². The van der Waals surface area contributed by atoms with Gasteiger partial charge in [-0.15, -0.1) is 0 Å². The Hall–Kier alpha value is -0.0800. The number of aliphatic hydroxyl groups excluding tert-OH is 1. The highest BCUT2D eigenvalue weighted by molar-refractivity contribution is 4.72. The number of nitrogens with one attached hydrogen (secondary N) is 1. The first-order valence-corrected chi connectivity index (χ1v) is 3.19. The Bertz CT molecular complexity index is 64.9. The Kier molecular flexibility index (Phi) is 1.86. The van der Waals surface area contributed by atoms with E-state index in [0.717, 1.165) is 19.5 Å². The summed E-state index contributed by atoms with van der Waals surface area (Å²) in [6.45, 7) is 4.02. The van der Waals surface area contributed by atoms with E-state index in [-0.39, 0.29) is 6.10 Å². The van der Waals surface area contributed by atoms with Crippen molar-refractivity contribution in [1.29, 1.82) is 0 Å². The molecule has 2 nitrogen and oxygen atoms in total. The van der Waals surface area contributed by atoms with Crippen LogP contribution in [0.3, 0.4) is 0 Å². The van der Waals surface area contributed by atoms with Crippen LogP contribution in [0.25, 0.3) is 0 Å². The molecular weight excluding hydrogens is 102 g/mol. The molecule has 0 aromatic rings. The highest BCUT2D eigenvalue weighted by atomic mass is 16.3. The average molecular weight is 115 g/mol. The van der Waals surface area contributed by atoms with Crippen LogP contribution >= 0.6 is 0 Å². The van der Waals surface area contributed by atoms with Crippen molar-refractivity contribution in [3.8, 4) is 0 Å². The molecular formula is C6H13NO. The molecule has 2 N–H and O–H groups in total. The lowest BCUT2D eigenvalue weighted by molar-refractivity contribution is 0.0882.